The van der Waals surface area contributed by atoms with Crippen molar-refractivity contribution in [3.05, 3.63) is 16.9 Å². The van der Waals surface area contributed by atoms with Crippen LogP contribution in [0.2, 0.25) is 5.02 Å². The van der Waals surface area contributed by atoms with E-state index in [1.54, 1.807) is 6.20 Å². The van der Waals surface area contributed by atoms with E-state index in [9.17, 15) is 5.11 Å². The van der Waals surface area contributed by atoms with Gasteiger partial charge < -0.3 is 5.11 Å². The lowest BCUT2D eigenvalue weighted by Gasteiger charge is -2.17. The molecular formula is C15H21ClN2O. The molecule has 5 unspecified atom stereocenters. The van der Waals surface area contributed by atoms with Crippen LogP contribution in [0.4, 0.5) is 0 Å². The van der Waals surface area contributed by atoms with Gasteiger partial charge in [-0.1, -0.05) is 18.5 Å². The number of nitrogens with zero attached hydrogens (tertiary/aromatic N) is 2. The first-order valence-electron chi connectivity index (χ1n) is 7.61. The molecule has 1 N–H and O–H groups in total. The van der Waals surface area contributed by atoms with Gasteiger partial charge in [0.05, 0.1) is 16.9 Å². The molecule has 4 rings (SSSR count). The molecule has 0 saturated heterocycles. The largest absolute Gasteiger partial charge is 0.386 e. The fourth-order valence-electron chi connectivity index (χ4n) is 5.05. The third-order valence-corrected chi connectivity index (χ3v) is 6.00. The van der Waals surface area contributed by atoms with Crippen LogP contribution in [0, 0.1) is 29.6 Å². The third kappa shape index (κ3) is 1.64. The molecule has 104 valence electrons. The van der Waals surface area contributed by atoms with Crippen LogP contribution >= 0.6 is 11.6 Å². The smallest absolute Gasteiger partial charge is 0.101 e. The van der Waals surface area contributed by atoms with Gasteiger partial charge in [0.1, 0.15) is 6.10 Å². The van der Waals surface area contributed by atoms with E-state index < -0.39 is 6.10 Å². The molecule has 3 nitrogen and oxygen atoms in total. The molecular weight excluding hydrogens is 260 g/mol. The minimum atomic E-state index is -0.403. The summed E-state index contributed by atoms with van der Waals surface area (Å²) in [6.45, 7) is 2.96. The van der Waals surface area contributed by atoms with Crippen LogP contribution in [0.15, 0.2) is 6.20 Å². The molecule has 5 atom stereocenters. The number of rotatable bonds is 4. The van der Waals surface area contributed by atoms with Crippen molar-refractivity contribution in [2.24, 2.45) is 29.6 Å². The van der Waals surface area contributed by atoms with Crippen LogP contribution in [0.1, 0.15) is 44.4 Å². The summed E-state index contributed by atoms with van der Waals surface area (Å²) in [6.07, 6.45) is 6.48. The number of aliphatic hydroxyl groups is 1. The van der Waals surface area contributed by atoms with E-state index in [0.717, 1.165) is 42.3 Å². The van der Waals surface area contributed by atoms with Crippen LogP contribution in [0.25, 0.3) is 0 Å². The zero-order valence-corrected chi connectivity index (χ0v) is 12.1. The standard InChI is InChI=1S/C15H21ClN2O/c1-2-5-18-14(10(16)7-17-18)15(19)13-11-8-3-4-9(6-8)12(11)13/h7-9,11-13,15,19H,2-6H2,1H3. The Balaban J connectivity index is 1.59. The number of halogens is 1. The first kappa shape index (κ1) is 12.2. The van der Waals surface area contributed by atoms with Crippen molar-refractivity contribution in [1.29, 1.82) is 0 Å². The van der Waals surface area contributed by atoms with Crippen molar-refractivity contribution in [1.82, 2.24) is 9.78 Å². The molecule has 2 bridgehead atoms. The van der Waals surface area contributed by atoms with Crippen LogP contribution in [0.5, 0.6) is 0 Å². The Morgan fingerprint density at radius 2 is 2.11 bits per heavy atom. The molecule has 0 amide bonds. The van der Waals surface area contributed by atoms with Gasteiger partial charge in [0.15, 0.2) is 0 Å². The summed E-state index contributed by atoms with van der Waals surface area (Å²) >= 11 is 6.25. The highest BCUT2D eigenvalue weighted by Gasteiger charge is 2.67. The molecule has 0 spiro atoms. The third-order valence-electron chi connectivity index (χ3n) is 5.71. The summed E-state index contributed by atoms with van der Waals surface area (Å²) in [6, 6.07) is 0. The number of aromatic nitrogens is 2. The lowest BCUT2D eigenvalue weighted by molar-refractivity contribution is 0.120. The Morgan fingerprint density at radius 3 is 2.74 bits per heavy atom. The SMILES string of the molecule is CCCn1ncc(Cl)c1C(O)C1C2C3CCC(C3)C21. The minimum Gasteiger partial charge on any atom is -0.386 e. The lowest BCUT2D eigenvalue weighted by atomic mass is 9.97. The van der Waals surface area contributed by atoms with E-state index in [4.69, 9.17) is 11.6 Å². The maximum atomic E-state index is 10.8. The Bertz CT molecular complexity index is 484. The summed E-state index contributed by atoms with van der Waals surface area (Å²) in [7, 11) is 0. The monoisotopic (exact) mass is 280 g/mol. The number of hydrogen-bond acceptors (Lipinski definition) is 2. The molecule has 1 aromatic rings. The average Bonchev–Trinajstić information content (AvgIpc) is 2.71. The second kappa shape index (κ2) is 4.23. The first-order chi connectivity index (χ1) is 9.22. The van der Waals surface area contributed by atoms with Gasteiger partial charge in [0.2, 0.25) is 0 Å². The summed E-state index contributed by atoms with van der Waals surface area (Å²) < 4.78 is 1.91. The van der Waals surface area contributed by atoms with Crippen molar-refractivity contribution in [2.75, 3.05) is 0 Å². The Labute approximate surface area is 118 Å². The summed E-state index contributed by atoms with van der Waals surface area (Å²) in [5.41, 5.74) is 0.863. The summed E-state index contributed by atoms with van der Waals surface area (Å²) in [5, 5.41) is 15.7. The maximum absolute atomic E-state index is 10.8. The predicted octanol–water partition coefficient (Wildman–Crippen LogP) is 3.27. The predicted molar refractivity (Wildman–Crippen MR) is 73.8 cm³/mol. The fraction of sp³-hybridized carbons (Fsp3) is 0.800. The molecule has 3 fully saturated rings. The van der Waals surface area contributed by atoms with Crippen molar-refractivity contribution in [3.63, 3.8) is 0 Å². The van der Waals surface area contributed by atoms with Gasteiger partial charge in [-0.25, -0.2) is 0 Å². The normalized spacial score (nSPS) is 40.5. The van der Waals surface area contributed by atoms with Gasteiger partial charge in [-0.15, -0.1) is 0 Å². The van der Waals surface area contributed by atoms with Gasteiger partial charge in [-0.2, -0.15) is 5.10 Å². The molecule has 19 heavy (non-hydrogen) atoms. The van der Waals surface area contributed by atoms with E-state index in [0.29, 0.717) is 10.9 Å². The van der Waals surface area contributed by atoms with Gasteiger partial charge >= 0.3 is 0 Å². The topological polar surface area (TPSA) is 38.0 Å². The highest BCUT2D eigenvalue weighted by atomic mass is 35.5. The Kier molecular flexibility index (Phi) is 2.72. The highest BCUT2D eigenvalue weighted by molar-refractivity contribution is 6.31. The average molecular weight is 281 g/mol. The zero-order chi connectivity index (χ0) is 13.1. The van der Waals surface area contributed by atoms with E-state index >= 15 is 0 Å². The van der Waals surface area contributed by atoms with Gasteiger partial charge in [0, 0.05) is 6.54 Å². The maximum Gasteiger partial charge on any atom is 0.101 e. The van der Waals surface area contributed by atoms with Crippen molar-refractivity contribution < 1.29 is 5.11 Å². The molecule has 0 aliphatic heterocycles. The molecule has 3 aliphatic carbocycles. The second-order valence-electron chi connectivity index (χ2n) is 6.61. The zero-order valence-electron chi connectivity index (χ0n) is 11.3. The van der Waals surface area contributed by atoms with Crippen LogP contribution in [-0.4, -0.2) is 14.9 Å². The Morgan fingerprint density at radius 1 is 1.42 bits per heavy atom. The quantitative estimate of drug-likeness (QED) is 0.919. The van der Waals surface area contributed by atoms with Gasteiger partial charge in [0.25, 0.3) is 0 Å². The van der Waals surface area contributed by atoms with Crippen molar-refractivity contribution >= 4 is 11.6 Å². The van der Waals surface area contributed by atoms with Gasteiger partial charge in [-0.3, -0.25) is 4.68 Å². The lowest BCUT2D eigenvalue weighted by Crippen LogP contribution is -2.14. The Hall–Kier alpha value is -0.540. The molecule has 3 aliphatic rings. The minimum absolute atomic E-state index is 0.403. The summed E-state index contributed by atoms with van der Waals surface area (Å²) in [5.74, 6) is 3.77. The molecule has 0 aromatic carbocycles. The number of aliphatic hydroxyl groups excluding tert-OH is 1. The molecule has 1 heterocycles. The number of aryl methyl sites for hydroxylation is 1. The van der Waals surface area contributed by atoms with E-state index in [-0.39, 0.29) is 0 Å². The second-order valence-corrected chi connectivity index (χ2v) is 7.02. The molecule has 3 saturated carbocycles. The number of hydrogen-bond donors (Lipinski definition) is 1. The highest BCUT2D eigenvalue weighted by Crippen LogP contribution is 2.72. The van der Waals surface area contributed by atoms with Gasteiger partial charge in [-0.05, 0) is 55.3 Å². The number of fused-ring (bicyclic) bond motifs is 5. The van der Waals surface area contributed by atoms with E-state index in [1.807, 2.05) is 4.68 Å². The molecule has 0 radical (unpaired) electrons. The van der Waals surface area contributed by atoms with Crippen LogP contribution in [0.3, 0.4) is 0 Å². The molecule has 1 aromatic heterocycles. The van der Waals surface area contributed by atoms with E-state index in [1.165, 1.54) is 19.3 Å². The van der Waals surface area contributed by atoms with Crippen molar-refractivity contribution in [3.8, 4) is 0 Å². The van der Waals surface area contributed by atoms with E-state index in [2.05, 4.69) is 12.0 Å². The fourth-order valence-corrected chi connectivity index (χ4v) is 5.31. The van der Waals surface area contributed by atoms with Crippen LogP contribution in [-0.2, 0) is 6.54 Å². The first-order valence-corrected chi connectivity index (χ1v) is 7.99. The van der Waals surface area contributed by atoms with Crippen molar-refractivity contribution in [2.45, 2.75) is 45.3 Å². The molecule has 4 heteroatoms. The summed E-state index contributed by atoms with van der Waals surface area (Å²) in [4.78, 5) is 0. The van der Waals surface area contributed by atoms with Crippen LogP contribution < -0.4 is 0 Å².